The summed E-state index contributed by atoms with van der Waals surface area (Å²) < 4.78 is 68.2. The van der Waals surface area contributed by atoms with E-state index >= 15 is 0 Å². The molecule has 0 heterocycles. The predicted molar refractivity (Wildman–Crippen MR) is 363 cm³/mol. The van der Waals surface area contributed by atoms with Gasteiger partial charge >= 0.3 is 39.5 Å². The van der Waals surface area contributed by atoms with Crippen molar-refractivity contribution in [2.45, 2.75) is 349 Å². The molecule has 0 saturated carbocycles. The topological polar surface area (TPSA) is 237 Å². The molecule has 530 valence electrons. The summed E-state index contributed by atoms with van der Waals surface area (Å²) in [6.07, 6.45) is 48.1. The second kappa shape index (κ2) is 61.4. The summed E-state index contributed by atoms with van der Waals surface area (Å²) in [6, 6.07) is 0. The minimum absolute atomic E-state index is 0.0836. The fraction of sp³-hybridized carbons (Fsp3) is 0.887. The minimum Gasteiger partial charge on any atom is -0.462 e. The Bertz CT molecular complexity index is 1860. The molecule has 0 bridgehead atoms. The zero-order chi connectivity index (χ0) is 66.6. The Labute approximate surface area is 548 Å². The third kappa shape index (κ3) is 63.0. The molecular formula is C71H134O17P2. The molecule has 3 N–H and O–H groups in total. The zero-order valence-electron chi connectivity index (χ0n) is 58.1. The monoisotopic (exact) mass is 1320 g/mol. The third-order valence-corrected chi connectivity index (χ3v) is 18.0. The SMILES string of the molecule is CCCCCC/C=C\C=C/CCCCCCCC(=O)O[C@H](COC(=O)CCCCCCCCC(C)CC)COP(=O)(O)OC[C@H](O)COP(=O)(O)OC[C@@H](COC(=O)CCCCCCCCCCCCCC(C)C)OC(=O)CCCCCCCCCCC(C)C. The van der Waals surface area contributed by atoms with Gasteiger partial charge in [0.15, 0.2) is 12.2 Å². The van der Waals surface area contributed by atoms with Gasteiger partial charge in [-0.15, -0.1) is 0 Å². The number of carbonyl (C=O) groups is 4. The molecule has 0 aromatic carbocycles. The van der Waals surface area contributed by atoms with Gasteiger partial charge in [0.2, 0.25) is 0 Å². The average Bonchev–Trinajstić information content (AvgIpc) is 3.56. The van der Waals surface area contributed by atoms with Gasteiger partial charge in [-0.05, 0) is 69.1 Å². The number of allylic oxidation sites excluding steroid dienone is 4. The quantitative estimate of drug-likeness (QED) is 0.0169. The second-order valence-corrected chi connectivity index (χ2v) is 29.0. The van der Waals surface area contributed by atoms with E-state index in [9.17, 15) is 43.2 Å². The zero-order valence-corrected chi connectivity index (χ0v) is 59.9. The average molecular weight is 1320 g/mol. The molecule has 90 heavy (non-hydrogen) atoms. The highest BCUT2D eigenvalue weighted by atomic mass is 31.2. The lowest BCUT2D eigenvalue weighted by molar-refractivity contribution is -0.161. The molecule has 0 rings (SSSR count). The van der Waals surface area contributed by atoms with Crippen LogP contribution in [0.25, 0.3) is 0 Å². The summed E-state index contributed by atoms with van der Waals surface area (Å²) >= 11 is 0. The van der Waals surface area contributed by atoms with Crippen LogP contribution in [0.5, 0.6) is 0 Å². The van der Waals surface area contributed by atoms with Crippen LogP contribution in [0.1, 0.15) is 331 Å². The van der Waals surface area contributed by atoms with Gasteiger partial charge in [-0.25, -0.2) is 9.13 Å². The van der Waals surface area contributed by atoms with Crippen LogP contribution in [0, 0.1) is 17.8 Å². The Balaban J connectivity index is 5.28. The molecule has 17 nitrogen and oxygen atoms in total. The fourth-order valence-corrected chi connectivity index (χ4v) is 11.7. The summed E-state index contributed by atoms with van der Waals surface area (Å²) in [5.74, 6) is 0.0552. The third-order valence-electron chi connectivity index (χ3n) is 16.1. The highest BCUT2D eigenvalue weighted by molar-refractivity contribution is 7.47. The number of aliphatic hydroxyl groups excluding tert-OH is 1. The van der Waals surface area contributed by atoms with Crippen molar-refractivity contribution in [3.8, 4) is 0 Å². The maximum Gasteiger partial charge on any atom is 0.472 e. The van der Waals surface area contributed by atoms with E-state index in [4.69, 9.17) is 37.0 Å². The normalized spacial score (nSPS) is 14.7. The number of rotatable bonds is 67. The Morgan fingerprint density at radius 2 is 0.656 bits per heavy atom. The molecule has 0 aliphatic carbocycles. The summed E-state index contributed by atoms with van der Waals surface area (Å²) in [4.78, 5) is 72.5. The van der Waals surface area contributed by atoms with Crippen LogP contribution in [-0.4, -0.2) is 96.7 Å². The van der Waals surface area contributed by atoms with Gasteiger partial charge in [-0.3, -0.25) is 37.3 Å². The Hall–Kier alpha value is -2.46. The molecule has 19 heteroatoms. The summed E-state index contributed by atoms with van der Waals surface area (Å²) in [5.41, 5.74) is 0. The molecule has 0 aliphatic rings. The number of phosphoric ester groups is 2. The molecule has 6 atom stereocenters. The van der Waals surface area contributed by atoms with Crippen LogP contribution in [0.4, 0.5) is 0 Å². The predicted octanol–water partition coefficient (Wildman–Crippen LogP) is 19.8. The molecule has 0 amide bonds. The first kappa shape index (κ1) is 87.5. The Morgan fingerprint density at radius 3 is 0.989 bits per heavy atom. The van der Waals surface area contributed by atoms with Gasteiger partial charge in [0, 0.05) is 25.7 Å². The maximum atomic E-state index is 13.0. The van der Waals surface area contributed by atoms with E-state index in [1.807, 2.05) is 0 Å². The second-order valence-electron chi connectivity index (χ2n) is 26.1. The van der Waals surface area contributed by atoms with Gasteiger partial charge in [0.05, 0.1) is 26.4 Å². The summed E-state index contributed by atoms with van der Waals surface area (Å²) in [7, 11) is -9.92. The van der Waals surface area contributed by atoms with Crippen LogP contribution in [0.3, 0.4) is 0 Å². The molecular weight excluding hydrogens is 1190 g/mol. The molecule has 0 aromatic heterocycles. The van der Waals surface area contributed by atoms with Gasteiger partial charge in [0.25, 0.3) is 0 Å². The number of esters is 4. The highest BCUT2D eigenvalue weighted by Crippen LogP contribution is 2.45. The van der Waals surface area contributed by atoms with E-state index in [0.717, 1.165) is 121 Å². The minimum atomic E-state index is -4.96. The largest absolute Gasteiger partial charge is 0.472 e. The van der Waals surface area contributed by atoms with E-state index in [-0.39, 0.29) is 25.7 Å². The lowest BCUT2D eigenvalue weighted by Gasteiger charge is -2.21. The van der Waals surface area contributed by atoms with Crippen molar-refractivity contribution >= 4 is 39.5 Å². The number of hydrogen-bond acceptors (Lipinski definition) is 15. The van der Waals surface area contributed by atoms with Crippen molar-refractivity contribution in [1.29, 1.82) is 0 Å². The number of aliphatic hydroxyl groups is 1. The van der Waals surface area contributed by atoms with Gasteiger partial charge in [-0.1, -0.05) is 278 Å². The van der Waals surface area contributed by atoms with Crippen molar-refractivity contribution in [3.05, 3.63) is 24.3 Å². The van der Waals surface area contributed by atoms with Crippen molar-refractivity contribution in [3.63, 3.8) is 0 Å². The Morgan fingerprint density at radius 1 is 0.367 bits per heavy atom. The van der Waals surface area contributed by atoms with E-state index < -0.39 is 97.5 Å². The number of unbranched alkanes of at least 4 members (excludes halogenated alkanes) is 31. The van der Waals surface area contributed by atoms with Crippen molar-refractivity contribution in [1.82, 2.24) is 0 Å². The number of phosphoric acid groups is 2. The van der Waals surface area contributed by atoms with Crippen molar-refractivity contribution in [2.24, 2.45) is 17.8 Å². The van der Waals surface area contributed by atoms with E-state index in [0.29, 0.717) is 31.6 Å². The smallest absolute Gasteiger partial charge is 0.462 e. The van der Waals surface area contributed by atoms with Gasteiger partial charge < -0.3 is 33.8 Å². The summed E-state index contributed by atoms with van der Waals surface area (Å²) in [5, 5.41) is 10.6. The van der Waals surface area contributed by atoms with Crippen LogP contribution < -0.4 is 0 Å². The van der Waals surface area contributed by atoms with Crippen LogP contribution in [-0.2, 0) is 65.4 Å². The lowest BCUT2D eigenvalue weighted by atomic mass is 10.00. The van der Waals surface area contributed by atoms with Gasteiger partial charge in [-0.2, -0.15) is 0 Å². The lowest BCUT2D eigenvalue weighted by Crippen LogP contribution is -2.30. The fourth-order valence-electron chi connectivity index (χ4n) is 10.1. The van der Waals surface area contributed by atoms with E-state index in [2.05, 4.69) is 72.8 Å². The first-order chi connectivity index (χ1) is 43.3. The molecule has 0 aromatic rings. The van der Waals surface area contributed by atoms with Crippen molar-refractivity contribution in [2.75, 3.05) is 39.6 Å². The molecule has 0 aliphatic heterocycles. The summed E-state index contributed by atoms with van der Waals surface area (Å²) in [6.45, 7) is 11.7. The number of ether oxygens (including phenoxy) is 4. The Kier molecular flexibility index (Phi) is 59.7. The van der Waals surface area contributed by atoms with Gasteiger partial charge in [0.1, 0.15) is 19.3 Å². The van der Waals surface area contributed by atoms with E-state index in [1.54, 1.807) is 0 Å². The van der Waals surface area contributed by atoms with Crippen LogP contribution in [0.2, 0.25) is 0 Å². The molecule has 0 fully saturated rings. The maximum absolute atomic E-state index is 13.0. The first-order valence-electron chi connectivity index (χ1n) is 36.2. The van der Waals surface area contributed by atoms with Crippen molar-refractivity contribution < 1.29 is 80.2 Å². The number of hydrogen-bond donors (Lipinski definition) is 3. The number of carbonyl (C=O) groups excluding carboxylic acids is 4. The van der Waals surface area contributed by atoms with Crippen LogP contribution in [0.15, 0.2) is 24.3 Å². The van der Waals surface area contributed by atoms with Crippen LogP contribution >= 0.6 is 15.6 Å². The highest BCUT2D eigenvalue weighted by Gasteiger charge is 2.30. The van der Waals surface area contributed by atoms with E-state index in [1.165, 1.54) is 122 Å². The molecule has 0 radical (unpaired) electrons. The molecule has 0 saturated heterocycles. The standard InChI is InChI=1S/C71H134O17P2/c1-8-10-11-12-13-14-15-16-17-18-21-25-31-40-47-54-70(75)87-67(59-82-69(74)53-46-39-34-33-37-44-51-64(7)9-2)61-86-90(79,80)84-57-65(72)56-83-89(77,78)85-60-66(88-71(76)55-48-41-32-27-26-29-36-43-50-63(5)6)58-81-68(73)52-45-38-30-24-22-19-20-23-28-35-42-49-62(3)4/h14-17,62-67,72H,8-13,18-61H2,1-7H3,(H,77,78)(H,79,80)/b15-14-,17-16-/t64?,65-,66-,67-/m1/s1. The molecule has 0 spiro atoms. The molecule has 3 unspecified atom stereocenters. The first-order valence-corrected chi connectivity index (χ1v) is 39.2.